The molecule has 4 heteroatoms. The first-order valence-electron chi connectivity index (χ1n) is 7.66. The maximum Gasteiger partial charge on any atom is 0.0750 e. The highest BCUT2D eigenvalue weighted by atomic mass is 79.9. The molecule has 118 valence electrons. The molecule has 0 saturated carbocycles. The maximum absolute atomic E-state index is 5.72. The van der Waals surface area contributed by atoms with Crippen LogP contribution >= 0.6 is 15.9 Å². The van der Waals surface area contributed by atoms with Crippen LogP contribution in [-0.4, -0.2) is 31.3 Å². The third kappa shape index (κ3) is 4.44. The number of anilines is 1. The zero-order chi connectivity index (χ0) is 15.6. The van der Waals surface area contributed by atoms with Gasteiger partial charge in [-0.2, -0.15) is 0 Å². The Labute approximate surface area is 137 Å². The Balaban J connectivity index is 2.22. The molecule has 0 aromatic heterocycles. The zero-order valence-corrected chi connectivity index (χ0v) is 15.3. The van der Waals surface area contributed by atoms with E-state index >= 15 is 0 Å². The van der Waals surface area contributed by atoms with Gasteiger partial charge in [-0.15, -0.1) is 0 Å². The minimum Gasteiger partial charge on any atom is -0.376 e. The van der Waals surface area contributed by atoms with Crippen molar-refractivity contribution in [2.24, 2.45) is 0 Å². The highest BCUT2D eigenvalue weighted by Crippen LogP contribution is 2.30. The van der Waals surface area contributed by atoms with E-state index in [4.69, 9.17) is 4.74 Å². The molecule has 2 rings (SSSR count). The Hall–Kier alpha value is -0.580. The van der Waals surface area contributed by atoms with Crippen LogP contribution in [0.2, 0.25) is 0 Å². The van der Waals surface area contributed by atoms with Gasteiger partial charge in [0.1, 0.15) is 0 Å². The van der Waals surface area contributed by atoms with Gasteiger partial charge in [0.2, 0.25) is 0 Å². The van der Waals surface area contributed by atoms with Crippen molar-refractivity contribution in [3.8, 4) is 0 Å². The average molecular weight is 355 g/mol. The quantitative estimate of drug-likeness (QED) is 0.885. The van der Waals surface area contributed by atoms with E-state index in [0.717, 1.165) is 24.0 Å². The van der Waals surface area contributed by atoms with Crippen molar-refractivity contribution in [1.82, 2.24) is 5.32 Å². The fourth-order valence-corrected chi connectivity index (χ4v) is 3.13. The van der Waals surface area contributed by atoms with Crippen LogP contribution in [0, 0.1) is 0 Å². The summed E-state index contributed by atoms with van der Waals surface area (Å²) in [6, 6.07) is 6.98. The topological polar surface area (TPSA) is 24.5 Å². The van der Waals surface area contributed by atoms with E-state index in [0.29, 0.717) is 6.04 Å². The molecular weight excluding hydrogens is 328 g/mol. The van der Waals surface area contributed by atoms with Crippen LogP contribution in [0.4, 0.5) is 5.69 Å². The molecule has 1 aromatic carbocycles. The summed E-state index contributed by atoms with van der Waals surface area (Å²) in [7, 11) is 2.18. The number of benzene rings is 1. The first-order valence-corrected chi connectivity index (χ1v) is 8.45. The van der Waals surface area contributed by atoms with E-state index in [1.165, 1.54) is 11.3 Å². The minimum absolute atomic E-state index is 0.118. The fourth-order valence-electron chi connectivity index (χ4n) is 2.78. The van der Waals surface area contributed by atoms with Crippen molar-refractivity contribution in [2.45, 2.75) is 58.3 Å². The lowest BCUT2D eigenvalue weighted by Crippen LogP contribution is -2.39. The third-order valence-electron chi connectivity index (χ3n) is 4.07. The Bertz CT molecular complexity index is 484. The molecule has 2 atom stereocenters. The summed E-state index contributed by atoms with van der Waals surface area (Å²) in [5.41, 5.74) is 2.73. The fraction of sp³-hybridized carbons (Fsp3) is 0.647. The second-order valence-electron chi connectivity index (χ2n) is 6.92. The second-order valence-corrected chi connectivity index (χ2v) is 7.84. The summed E-state index contributed by atoms with van der Waals surface area (Å²) in [6.45, 7) is 10.5. The van der Waals surface area contributed by atoms with Gasteiger partial charge in [-0.3, -0.25) is 0 Å². The van der Waals surface area contributed by atoms with Crippen LogP contribution in [0.1, 0.15) is 39.7 Å². The monoisotopic (exact) mass is 354 g/mol. The van der Waals surface area contributed by atoms with E-state index < -0.39 is 0 Å². The lowest BCUT2D eigenvalue weighted by molar-refractivity contribution is 0.118. The van der Waals surface area contributed by atoms with E-state index in [1.54, 1.807) is 0 Å². The summed E-state index contributed by atoms with van der Waals surface area (Å²) in [5.74, 6) is 0. The van der Waals surface area contributed by atoms with Crippen LogP contribution in [0.3, 0.4) is 0 Å². The number of nitrogens with zero attached hydrogens (tertiary/aromatic N) is 1. The lowest BCUT2D eigenvalue weighted by atomic mass is 10.0. The Morgan fingerprint density at radius 2 is 2.10 bits per heavy atom. The molecule has 2 unspecified atom stereocenters. The Morgan fingerprint density at radius 1 is 1.38 bits per heavy atom. The molecule has 1 heterocycles. The van der Waals surface area contributed by atoms with Gasteiger partial charge in [0.05, 0.1) is 12.1 Å². The Kier molecular flexibility index (Phi) is 5.33. The summed E-state index contributed by atoms with van der Waals surface area (Å²) >= 11 is 3.60. The normalized spacial score (nSPS) is 22.6. The minimum atomic E-state index is 0.118. The van der Waals surface area contributed by atoms with Gasteiger partial charge in [0.25, 0.3) is 0 Å². The molecule has 0 aliphatic carbocycles. The highest BCUT2D eigenvalue weighted by Gasteiger charge is 2.29. The van der Waals surface area contributed by atoms with E-state index in [9.17, 15) is 0 Å². The van der Waals surface area contributed by atoms with E-state index in [1.807, 2.05) is 0 Å². The van der Waals surface area contributed by atoms with E-state index in [2.05, 4.69) is 79.1 Å². The molecule has 0 spiro atoms. The molecular formula is C17H27BrN2O. The number of rotatable bonds is 4. The highest BCUT2D eigenvalue weighted by molar-refractivity contribution is 9.10. The van der Waals surface area contributed by atoms with Crippen LogP contribution in [0.25, 0.3) is 0 Å². The molecule has 1 aromatic rings. The molecule has 0 amide bonds. The van der Waals surface area contributed by atoms with Gasteiger partial charge in [-0.05, 0) is 51.8 Å². The van der Waals surface area contributed by atoms with Gasteiger partial charge in [0.15, 0.2) is 0 Å². The smallest absolute Gasteiger partial charge is 0.0750 e. The predicted molar refractivity (Wildman–Crippen MR) is 93.0 cm³/mol. The van der Waals surface area contributed by atoms with Crippen molar-refractivity contribution in [2.75, 3.05) is 18.6 Å². The Morgan fingerprint density at radius 3 is 2.67 bits per heavy atom. The molecule has 1 fully saturated rings. The van der Waals surface area contributed by atoms with Crippen LogP contribution in [0.15, 0.2) is 22.7 Å². The number of hydrogen-bond donors (Lipinski definition) is 1. The first-order chi connectivity index (χ1) is 9.78. The number of ether oxygens (including phenoxy) is 1. The molecule has 1 N–H and O–H groups in total. The summed E-state index contributed by atoms with van der Waals surface area (Å²) < 4.78 is 6.84. The summed E-state index contributed by atoms with van der Waals surface area (Å²) in [4.78, 5) is 2.38. The SMILES string of the molecule is CC1OCCC1N(C)c1cc(Br)ccc1CNC(C)(C)C. The van der Waals surface area contributed by atoms with Crippen molar-refractivity contribution in [3.05, 3.63) is 28.2 Å². The van der Waals surface area contributed by atoms with Crippen LogP contribution < -0.4 is 10.2 Å². The molecule has 1 saturated heterocycles. The van der Waals surface area contributed by atoms with Crippen molar-refractivity contribution in [1.29, 1.82) is 0 Å². The van der Waals surface area contributed by atoms with Gasteiger partial charge < -0.3 is 15.0 Å². The number of likely N-dealkylation sites (N-methyl/N-ethyl adjacent to an activating group) is 1. The van der Waals surface area contributed by atoms with Crippen molar-refractivity contribution in [3.63, 3.8) is 0 Å². The number of nitrogens with one attached hydrogen (secondary N) is 1. The second kappa shape index (κ2) is 6.67. The lowest BCUT2D eigenvalue weighted by Gasteiger charge is -2.31. The largest absolute Gasteiger partial charge is 0.376 e. The number of hydrogen-bond acceptors (Lipinski definition) is 3. The molecule has 21 heavy (non-hydrogen) atoms. The summed E-state index contributed by atoms with van der Waals surface area (Å²) in [5, 5.41) is 3.58. The first kappa shape index (κ1) is 16.8. The maximum atomic E-state index is 5.72. The van der Waals surface area contributed by atoms with Gasteiger partial charge in [-0.1, -0.05) is 22.0 Å². The zero-order valence-electron chi connectivity index (χ0n) is 13.7. The molecule has 1 aliphatic heterocycles. The predicted octanol–water partition coefficient (Wildman–Crippen LogP) is 3.95. The van der Waals surface area contributed by atoms with E-state index in [-0.39, 0.29) is 11.6 Å². The van der Waals surface area contributed by atoms with Gasteiger partial charge >= 0.3 is 0 Å². The molecule has 0 bridgehead atoms. The van der Waals surface area contributed by atoms with Crippen molar-refractivity contribution < 1.29 is 4.74 Å². The van der Waals surface area contributed by atoms with Crippen molar-refractivity contribution >= 4 is 21.6 Å². The van der Waals surface area contributed by atoms with Gasteiger partial charge in [0, 0.05) is 35.9 Å². The van der Waals surface area contributed by atoms with Crippen LogP contribution in [0.5, 0.6) is 0 Å². The number of halogens is 1. The summed E-state index contributed by atoms with van der Waals surface area (Å²) in [6.07, 6.45) is 1.38. The molecule has 3 nitrogen and oxygen atoms in total. The standard InChI is InChI=1S/C17H27BrN2O/c1-12-15(8-9-21-12)20(5)16-10-14(18)7-6-13(16)11-19-17(2,3)4/h6-7,10,12,15,19H,8-9,11H2,1-5H3. The molecule has 1 aliphatic rings. The average Bonchev–Trinajstić information content (AvgIpc) is 2.81. The third-order valence-corrected chi connectivity index (χ3v) is 4.56. The van der Waals surface area contributed by atoms with Gasteiger partial charge in [-0.25, -0.2) is 0 Å². The molecule has 0 radical (unpaired) electrons. The van der Waals surface area contributed by atoms with Crippen LogP contribution in [-0.2, 0) is 11.3 Å².